The summed E-state index contributed by atoms with van der Waals surface area (Å²) in [5.41, 5.74) is 0.257. The van der Waals surface area contributed by atoms with E-state index in [1.807, 2.05) is 14.1 Å². The van der Waals surface area contributed by atoms with Crippen LogP contribution in [0.5, 0.6) is 5.88 Å². The molecule has 18 heavy (non-hydrogen) atoms. The molecule has 1 aromatic heterocycles. The summed E-state index contributed by atoms with van der Waals surface area (Å²) >= 11 is 0. The number of ether oxygens (including phenoxy) is 2. The van der Waals surface area contributed by atoms with Gasteiger partial charge in [-0.15, -0.1) is 0 Å². The summed E-state index contributed by atoms with van der Waals surface area (Å²) in [7, 11) is 5.31. The molecule has 100 valence electrons. The Hall–Kier alpha value is -1.69. The predicted molar refractivity (Wildman–Crippen MR) is 66.8 cm³/mol. The zero-order valence-electron chi connectivity index (χ0n) is 11.3. The molecule has 0 atom stereocenters. The average molecular weight is 253 g/mol. The summed E-state index contributed by atoms with van der Waals surface area (Å²) in [4.78, 5) is 21.6. The molecule has 6 nitrogen and oxygen atoms in total. The van der Waals surface area contributed by atoms with Crippen LogP contribution in [0.2, 0.25) is 0 Å². The maximum absolute atomic E-state index is 11.5. The zero-order chi connectivity index (χ0) is 13.5. The number of aryl methyl sites for hydroxylation is 1. The topological polar surface area (TPSA) is 64.5 Å². The minimum atomic E-state index is -0.488. The van der Waals surface area contributed by atoms with E-state index in [2.05, 4.69) is 19.6 Å². The van der Waals surface area contributed by atoms with Crippen LogP contribution in [0.15, 0.2) is 6.20 Å². The van der Waals surface area contributed by atoms with Gasteiger partial charge in [-0.3, -0.25) is 0 Å². The van der Waals surface area contributed by atoms with Gasteiger partial charge in [0.05, 0.1) is 13.7 Å². The Morgan fingerprint density at radius 1 is 1.44 bits per heavy atom. The van der Waals surface area contributed by atoms with Crippen LogP contribution in [0.4, 0.5) is 0 Å². The van der Waals surface area contributed by atoms with Crippen molar-refractivity contribution < 1.29 is 14.3 Å². The van der Waals surface area contributed by atoms with Gasteiger partial charge in [-0.25, -0.2) is 9.78 Å². The molecule has 0 N–H and O–H groups in total. The fourth-order valence-corrected chi connectivity index (χ4v) is 1.36. The number of carbonyl (C=O) groups is 1. The first-order valence-corrected chi connectivity index (χ1v) is 5.74. The Morgan fingerprint density at radius 2 is 2.17 bits per heavy atom. The summed E-state index contributed by atoms with van der Waals surface area (Å²) < 4.78 is 10.2. The summed E-state index contributed by atoms with van der Waals surface area (Å²) in [6, 6.07) is 0. The molecule has 0 fully saturated rings. The van der Waals surface area contributed by atoms with Gasteiger partial charge in [0.25, 0.3) is 0 Å². The number of hydrogen-bond acceptors (Lipinski definition) is 6. The van der Waals surface area contributed by atoms with Crippen LogP contribution in [-0.2, 0) is 4.74 Å². The average Bonchev–Trinajstić information content (AvgIpc) is 2.33. The van der Waals surface area contributed by atoms with Gasteiger partial charge in [-0.1, -0.05) is 0 Å². The standard InChI is InChI=1S/C12H19N3O3/c1-9-13-8-10(12(16)17-4)11(14-9)18-7-5-6-15(2)3/h8H,5-7H2,1-4H3. The minimum absolute atomic E-state index is 0.257. The first-order chi connectivity index (χ1) is 8.54. The molecular formula is C12H19N3O3. The molecule has 0 aliphatic carbocycles. The van der Waals surface area contributed by atoms with Crippen molar-refractivity contribution in [3.05, 3.63) is 17.6 Å². The van der Waals surface area contributed by atoms with E-state index in [1.165, 1.54) is 13.3 Å². The second-order valence-corrected chi connectivity index (χ2v) is 4.13. The van der Waals surface area contributed by atoms with Crippen LogP contribution in [0.1, 0.15) is 22.6 Å². The van der Waals surface area contributed by atoms with E-state index in [0.29, 0.717) is 12.4 Å². The first-order valence-electron chi connectivity index (χ1n) is 5.74. The van der Waals surface area contributed by atoms with Crippen molar-refractivity contribution in [2.45, 2.75) is 13.3 Å². The molecular weight excluding hydrogens is 234 g/mol. The molecule has 0 aromatic carbocycles. The number of methoxy groups -OCH3 is 1. The van der Waals surface area contributed by atoms with Crippen LogP contribution in [0, 0.1) is 6.92 Å². The predicted octanol–water partition coefficient (Wildman–Crippen LogP) is 0.902. The molecule has 0 radical (unpaired) electrons. The fourth-order valence-electron chi connectivity index (χ4n) is 1.36. The van der Waals surface area contributed by atoms with Crippen molar-refractivity contribution in [2.24, 2.45) is 0 Å². The maximum atomic E-state index is 11.5. The van der Waals surface area contributed by atoms with Gasteiger partial charge in [0.15, 0.2) is 0 Å². The Kier molecular flexibility index (Phi) is 5.51. The number of aromatic nitrogens is 2. The molecule has 6 heteroatoms. The van der Waals surface area contributed by atoms with Gasteiger partial charge in [0.1, 0.15) is 11.4 Å². The Balaban J connectivity index is 2.67. The molecule has 1 heterocycles. The molecule has 0 aliphatic rings. The molecule has 0 aliphatic heterocycles. The van der Waals surface area contributed by atoms with Gasteiger partial charge in [-0.05, 0) is 27.4 Å². The van der Waals surface area contributed by atoms with E-state index in [0.717, 1.165) is 13.0 Å². The Bertz CT molecular complexity index is 408. The molecule has 0 bridgehead atoms. The molecule has 1 rings (SSSR count). The lowest BCUT2D eigenvalue weighted by atomic mass is 10.3. The fraction of sp³-hybridized carbons (Fsp3) is 0.583. The van der Waals surface area contributed by atoms with Crippen molar-refractivity contribution >= 4 is 5.97 Å². The normalized spacial score (nSPS) is 10.5. The lowest BCUT2D eigenvalue weighted by molar-refractivity contribution is 0.0594. The van der Waals surface area contributed by atoms with Crippen LogP contribution in [-0.4, -0.2) is 55.2 Å². The lowest BCUT2D eigenvalue weighted by Gasteiger charge is -2.11. The maximum Gasteiger partial charge on any atom is 0.344 e. The van der Waals surface area contributed by atoms with Gasteiger partial charge in [0, 0.05) is 12.7 Å². The highest BCUT2D eigenvalue weighted by atomic mass is 16.5. The summed E-state index contributed by atoms with van der Waals surface area (Å²) in [6.45, 7) is 3.16. The van der Waals surface area contributed by atoms with Crippen molar-refractivity contribution in [2.75, 3.05) is 34.4 Å². The summed E-state index contributed by atoms with van der Waals surface area (Å²) in [5.74, 6) is 0.357. The van der Waals surface area contributed by atoms with E-state index in [9.17, 15) is 4.79 Å². The number of esters is 1. The second-order valence-electron chi connectivity index (χ2n) is 4.13. The third kappa shape index (κ3) is 4.29. The lowest BCUT2D eigenvalue weighted by Crippen LogP contribution is -2.16. The van der Waals surface area contributed by atoms with Crippen LogP contribution in [0.3, 0.4) is 0 Å². The summed E-state index contributed by atoms with van der Waals surface area (Å²) in [6.07, 6.45) is 2.28. The van der Waals surface area contributed by atoms with E-state index in [1.54, 1.807) is 6.92 Å². The highest BCUT2D eigenvalue weighted by Crippen LogP contribution is 2.15. The summed E-state index contributed by atoms with van der Waals surface area (Å²) in [5, 5.41) is 0. The van der Waals surface area contributed by atoms with E-state index >= 15 is 0 Å². The van der Waals surface area contributed by atoms with Gasteiger partial charge in [-0.2, -0.15) is 4.98 Å². The van der Waals surface area contributed by atoms with E-state index in [-0.39, 0.29) is 11.4 Å². The van der Waals surface area contributed by atoms with Crippen LogP contribution >= 0.6 is 0 Å². The largest absolute Gasteiger partial charge is 0.477 e. The smallest absolute Gasteiger partial charge is 0.344 e. The monoisotopic (exact) mass is 253 g/mol. The number of carbonyl (C=O) groups excluding carboxylic acids is 1. The van der Waals surface area contributed by atoms with Crippen molar-refractivity contribution in [3.63, 3.8) is 0 Å². The third-order valence-electron chi connectivity index (χ3n) is 2.27. The highest BCUT2D eigenvalue weighted by molar-refractivity contribution is 5.91. The third-order valence-corrected chi connectivity index (χ3v) is 2.27. The Labute approximate surface area is 107 Å². The molecule has 0 unspecified atom stereocenters. The number of rotatable bonds is 6. The van der Waals surface area contributed by atoms with E-state index in [4.69, 9.17) is 4.74 Å². The number of hydrogen-bond donors (Lipinski definition) is 0. The molecule has 0 saturated carbocycles. The van der Waals surface area contributed by atoms with Crippen molar-refractivity contribution in [3.8, 4) is 5.88 Å². The highest BCUT2D eigenvalue weighted by Gasteiger charge is 2.15. The van der Waals surface area contributed by atoms with Crippen LogP contribution in [0.25, 0.3) is 0 Å². The zero-order valence-corrected chi connectivity index (χ0v) is 11.3. The Morgan fingerprint density at radius 3 is 2.78 bits per heavy atom. The van der Waals surface area contributed by atoms with Crippen LogP contribution < -0.4 is 4.74 Å². The molecule has 0 spiro atoms. The van der Waals surface area contributed by atoms with Gasteiger partial charge in [0.2, 0.25) is 5.88 Å². The minimum Gasteiger partial charge on any atom is -0.477 e. The second kappa shape index (κ2) is 6.90. The van der Waals surface area contributed by atoms with Gasteiger partial charge < -0.3 is 14.4 Å². The first kappa shape index (κ1) is 14.4. The molecule has 0 saturated heterocycles. The quantitative estimate of drug-likeness (QED) is 0.554. The van der Waals surface area contributed by atoms with E-state index < -0.39 is 5.97 Å². The van der Waals surface area contributed by atoms with Crippen molar-refractivity contribution in [1.29, 1.82) is 0 Å². The molecule has 0 amide bonds. The van der Waals surface area contributed by atoms with Crippen molar-refractivity contribution in [1.82, 2.24) is 14.9 Å². The van der Waals surface area contributed by atoms with Gasteiger partial charge >= 0.3 is 5.97 Å². The SMILES string of the molecule is COC(=O)c1cnc(C)nc1OCCCN(C)C. The number of nitrogens with zero attached hydrogens (tertiary/aromatic N) is 3. The molecule has 1 aromatic rings.